The van der Waals surface area contributed by atoms with Crippen LogP contribution in [0.1, 0.15) is 28.1 Å². The highest BCUT2D eigenvalue weighted by atomic mass is 35.5. The van der Waals surface area contributed by atoms with E-state index in [4.69, 9.17) is 27.9 Å². The number of urea groups is 1. The van der Waals surface area contributed by atoms with Gasteiger partial charge in [-0.15, -0.1) is 0 Å². The fourth-order valence-electron chi connectivity index (χ4n) is 4.56. The molecule has 40 heavy (non-hydrogen) atoms. The van der Waals surface area contributed by atoms with Gasteiger partial charge in [0.25, 0.3) is 11.8 Å². The number of aryl methyl sites for hydroxylation is 2. The topological polar surface area (TPSA) is 80.6 Å². The number of barbiturate groups is 1. The molecule has 0 spiro atoms. The van der Waals surface area contributed by atoms with Gasteiger partial charge in [0, 0.05) is 32.7 Å². The molecule has 0 saturated carbocycles. The maximum atomic E-state index is 13.3. The molecule has 1 saturated heterocycles. The lowest BCUT2D eigenvalue weighted by Crippen LogP contribution is -2.54. The Balaban J connectivity index is 1.39. The van der Waals surface area contributed by atoms with E-state index in [1.807, 2.05) is 61.7 Å². The number of amides is 4. The minimum Gasteiger partial charge on any atom is -0.489 e. The van der Waals surface area contributed by atoms with Gasteiger partial charge in [-0.2, -0.15) is 0 Å². The molecule has 202 valence electrons. The molecule has 1 N–H and O–H groups in total. The van der Waals surface area contributed by atoms with Crippen molar-refractivity contribution in [3.8, 4) is 11.4 Å². The van der Waals surface area contributed by atoms with Crippen LogP contribution in [0.2, 0.25) is 10.0 Å². The van der Waals surface area contributed by atoms with Gasteiger partial charge in [-0.05, 0) is 87.0 Å². The molecule has 1 aliphatic heterocycles. The number of aromatic nitrogens is 1. The van der Waals surface area contributed by atoms with Gasteiger partial charge in [0.2, 0.25) is 0 Å². The van der Waals surface area contributed by atoms with Crippen molar-refractivity contribution in [2.45, 2.75) is 27.4 Å². The van der Waals surface area contributed by atoms with Crippen LogP contribution < -0.4 is 15.0 Å². The summed E-state index contributed by atoms with van der Waals surface area (Å²) in [5.74, 6) is -0.736. The number of nitrogens with zero attached hydrogens (tertiary/aromatic N) is 2. The largest absolute Gasteiger partial charge is 0.489 e. The van der Waals surface area contributed by atoms with E-state index in [0.29, 0.717) is 33.7 Å². The number of benzene rings is 3. The number of nitrogens with one attached hydrogen (secondary N) is 1. The highest BCUT2D eigenvalue weighted by Crippen LogP contribution is 2.28. The Morgan fingerprint density at radius 2 is 1.52 bits per heavy atom. The third-order valence-corrected chi connectivity index (χ3v) is 7.26. The van der Waals surface area contributed by atoms with E-state index in [2.05, 4.69) is 5.32 Å². The zero-order chi connectivity index (χ0) is 28.6. The van der Waals surface area contributed by atoms with Crippen LogP contribution in [0.5, 0.6) is 5.75 Å². The van der Waals surface area contributed by atoms with Crippen molar-refractivity contribution >= 4 is 52.8 Å². The molecule has 1 aromatic heterocycles. The molecule has 5 rings (SSSR count). The third-order valence-electron chi connectivity index (χ3n) is 6.67. The first-order valence-corrected chi connectivity index (χ1v) is 13.2. The Bertz CT molecular complexity index is 1670. The molecular formula is C31H25Cl2N3O4. The fourth-order valence-corrected chi connectivity index (χ4v) is 5.03. The molecular weight excluding hydrogens is 549 g/mol. The zero-order valence-electron chi connectivity index (χ0n) is 22.0. The van der Waals surface area contributed by atoms with Gasteiger partial charge < -0.3 is 9.30 Å². The predicted molar refractivity (Wildman–Crippen MR) is 156 cm³/mol. The maximum Gasteiger partial charge on any atom is 0.335 e. The number of anilines is 1. The Labute approximate surface area is 241 Å². The number of rotatable bonds is 6. The highest BCUT2D eigenvalue weighted by molar-refractivity contribution is 6.39. The molecule has 3 aromatic carbocycles. The van der Waals surface area contributed by atoms with E-state index in [0.717, 1.165) is 33.1 Å². The number of carbonyl (C=O) groups excluding carboxylic acids is 3. The van der Waals surface area contributed by atoms with Gasteiger partial charge in [0.05, 0.1) is 5.69 Å². The summed E-state index contributed by atoms with van der Waals surface area (Å²) in [7, 11) is 0. The van der Waals surface area contributed by atoms with Crippen molar-refractivity contribution in [3.05, 3.63) is 116 Å². The highest BCUT2D eigenvalue weighted by Gasteiger charge is 2.37. The van der Waals surface area contributed by atoms with Crippen LogP contribution in [0.15, 0.2) is 78.4 Å². The normalized spacial score (nSPS) is 14.6. The minimum atomic E-state index is -0.776. The first-order valence-electron chi connectivity index (χ1n) is 12.5. The van der Waals surface area contributed by atoms with Crippen molar-refractivity contribution in [1.29, 1.82) is 0 Å². The lowest BCUT2D eigenvalue weighted by Gasteiger charge is -2.26. The van der Waals surface area contributed by atoms with E-state index in [1.165, 1.54) is 6.08 Å². The lowest BCUT2D eigenvalue weighted by atomic mass is 10.1. The van der Waals surface area contributed by atoms with Gasteiger partial charge >= 0.3 is 6.03 Å². The average Bonchev–Trinajstić information content (AvgIpc) is 3.19. The van der Waals surface area contributed by atoms with Gasteiger partial charge in [-0.3, -0.25) is 14.9 Å². The molecule has 9 heteroatoms. The molecule has 1 aliphatic rings. The van der Waals surface area contributed by atoms with Crippen LogP contribution in [0.4, 0.5) is 10.5 Å². The Morgan fingerprint density at radius 1 is 0.850 bits per heavy atom. The van der Waals surface area contributed by atoms with Crippen LogP contribution in [0, 0.1) is 20.8 Å². The summed E-state index contributed by atoms with van der Waals surface area (Å²) in [6, 6.07) is 20.9. The van der Waals surface area contributed by atoms with Crippen molar-refractivity contribution in [1.82, 2.24) is 9.88 Å². The van der Waals surface area contributed by atoms with Gasteiger partial charge in [0.15, 0.2) is 0 Å². The molecule has 0 bridgehead atoms. The van der Waals surface area contributed by atoms with Crippen molar-refractivity contribution in [2.24, 2.45) is 0 Å². The summed E-state index contributed by atoms with van der Waals surface area (Å²) in [4.78, 5) is 39.5. The first-order chi connectivity index (χ1) is 19.1. The van der Waals surface area contributed by atoms with Crippen LogP contribution in [0.3, 0.4) is 0 Å². The summed E-state index contributed by atoms with van der Waals surface area (Å²) in [6.45, 7) is 6.05. The van der Waals surface area contributed by atoms with Crippen molar-refractivity contribution < 1.29 is 19.1 Å². The molecule has 7 nitrogen and oxygen atoms in total. The van der Waals surface area contributed by atoms with Crippen molar-refractivity contribution in [2.75, 3.05) is 4.90 Å². The first kappa shape index (κ1) is 27.2. The summed E-state index contributed by atoms with van der Waals surface area (Å²) in [6.07, 6.45) is 1.53. The second-order valence-electron chi connectivity index (χ2n) is 9.47. The number of hydrogen-bond acceptors (Lipinski definition) is 4. The van der Waals surface area contributed by atoms with E-state index in [9.17, 15) is 14.4 Å². The number of carbonyl (C=O) groups is 3. The molecule has 4 aromatic rings. The fraction of sp³-hybridized carbons (Fsp3) is 0.129. The zero-order valence-corrected chi connectivity index (χ0v) is 23.5. The van der Waals surface area contributed by atoms with Crippen LogP contribution in [-0.2, 0) is 16.2 Å². The molecule has 2 heterocycles. The van der Waals surface area contributed by atoms with Gasteiger partial charge in [-0.1, -0.05) is 47.0 Å². The van der Waals surface area contributed by atoms with Crippen LogP contribution in [0.25, 0.3) is 11.8 Å². The van der Waals surface area contributed by atoms with Gasteiger partial charge in [0.1, 0.15) is 17.9 Å². The predicted octanol–water partition coefficient (Wildman–Crippen LogP) is 6.95. The van der Waals surface area contributed by atoms with Gasteiger partial charge in [-0.25, -0.2) is 9.69 Å². The maximum absolute atomic E-state index is 13.3. The van der Waals surface area contributed by atoms with E-state index in [1.54, 1.807) is 36.4 Å². The average molecular weight is 574 g/mol. The Kier molecular flexibility index (Phi) is 7.52. The Morgan fingerprint density at radius 3 is 2.20 bits per heavy atom. The molecule has 4 amide bonds. The summed E-state index contributed by atoms with van der Waals surface area (Å²) in [5, 5.41) is 3.38. The monoisotopic (exact) mass is 573 g/mol. The molecule has 0 aliphatic carbocycles. The number of imide groups is 2. The van der Waals surface area contributed by atoms with E-state index in [-0.39, 0.29) is 5.57 Å². The quantitative estimate of drug-likeness (QED) is 0.200. The van der Waals surface area contributed by atoms with Crippen LogP contribution in [-0.4, -0.2) is 22.4 Å². The molecule has 0 atom stereocenters. The summed E-state index contributed by atoms with van der Waals surface area (Å²) >= 11 is 12.2. The smallest absolute Gasteiger partial charge is 0.335 e. The minimum absolute atomic E-state index is 0.120. The SMILES string of the molecule is Cc1ccc(N2C(=O)NC(=O)/C(=C\c3cc(C)n(-c4ccc(OCc5ccc(Cl)cc5Cl)cc4)c3C)C2=O)cc1. The second-order valence-corrected chi connectivity index (χ2v) is 10.3. The van der Waals surface area contributed by atoms with Crippen LogP contribution >= 0.6 is 23.2 Å². The van der Waals surface area contributed by atoms with E-state index >= 15 is 0 Å². The molecule has 0 unspecified atom stereocenters. The standard InChI is InChI=1S/C31H25Cl2N3O4/c1-18-4-8-25(9-5-18)36-30(38)27(29(37)34-31(36)39)15-22-14-19(2)35(20(22)3)24-10-12-26(13-11-24)40-17-21-6-7-23(32)16-28(21)33/h4-16H,17H2,1-3H3,(H,34,37,39)/b27-15+. The molecule has 0 radical (unpaired) electrons. The number of halogens is 2. The second kappa shape index (κ2) is 11.0. The van der Waals surface area contributed by atoms with E-state index < -0.39 is 17.8 Å². The lowest BCUT2D eigenvalue weighted by molar-refractivity contribution is -0.122. The third kappa shape index (κ3) is 5.39. The molecule has 1 fully saturated rings. The van der Waals surface area contributed by atoms with Crippen molar-refractivity contribution in [3.63, 3.8) is 0 Å². The summed E-state index contributed by atoms with van der Waals surface area (Å²) in [5.41, 5.74) is 5.38. The Hall–Kier alpha value is -4.33. The number of hydrogen-bond donors (Lipinski definition) is 1. The summed E-state index contributed by atoms with van der Waals surface area (Å²) < 4.78 is 7.91. The number of ether oxygens (including phenoxy) is 1.